The Bertz CT molecular complexity index is 783. The molecule has 4 N–H and O–H groups in total. The summed E-state index contributed by atoms with van der Waals surface area (Å²) in [6, 6.07) is 5.74. The van der Waals surface area contributed by atoms with Crippen molar-refractivity contribution in [3.63, 3.8) is 0 Å². The Labute approximate surface area is 139 Å². The maximum Gasteiger partial charge on any atom is 0.275 e. The lowest BCUT2D eigenvalue weighted by atomic mass is 10.3. The first-order chi connectivity index (χ1) is 10.8. The Morgan fingerprint density at radius 2 is 1.96 bits per heavy atom. The van der Waals surface area contributed by atoms with Gasteiger partial charge in [0.25, 0.3) is 5.91 Å². The molecular formula is C14H18N4O3S2. The molecule has 0 unspecified atom stereocenters. The molecule has 2 rings (SSSR count). The largest absolute Gasteiger partial charge is 0.325 e. The van der Waals surface area contributed by atoms with Crippen molar-refractivity contribution >= 4 is 33.0 Å². The third-order valence-corrected chi connectivity index (χ3v) is 5.32. The summed E-state index contributed by atoms with van der Waals surface area (Å²) in [5.74, 6) is -0.364. The number of thiazole rings is 1. The quantitative estimate of drug-likeness (QED) is 0.728. The highest BCUT2D eigenvalue weighted by atomic mass is 32.2. The molecule has 124 valence electrons. The summed E-state index contributed by atoms with van der Waals surface area (Å²) in [6.07, 6.45) is 0. The summed E-state index contributed by atoms with van der Waals surface area (Å²) in [7, 11) is -3.54. The minimum Gasteiger partial charge on any atom is -0.325 e. The second kappa shape index (κ2) is 7.18. The van der Waals surface area contributed by atoms with Crippen molar-refractivity contribution in [1.82, 2.24) is 9.71 Å². The van der Waals surface area contributed by atoms with Crippen LogP contribution in [0.25, 0.3) is 0 Å². The van der Waals surface area contributed by atoms with Gasteiger partial charge in [-0.15, -0.1) is 11.3 Å². The van der Waals surface area contributed by atoms with Crippen molar-refractivity contribution in [3.8, 4) is 0 Å². The minimum atomic E-state index is -3.54. The number of anilines is 1. The number of amides is 1. The highest BCUT2D eigenvalue weighted by Crippen LogP contribution is 2.16. The van der Waals surface area contributed by atoms with Crippen LogP contribution < -0.4 is 15.8 Å². The van der Waals surface area contributed by atoms with Gasteiger partial charge in [-0.05, 0) is 38.1 Å². The lowest BCUT2D eigenvalue weighted by Crippen LogP contribution is -2.30. The van der Waals surface area contributed by atoms with Crippen LogP contribution in [0, 0.1) is 0 Å². The van der Waals surface area contributed by atoms with Crippen molar-refractivity contribution in [3.05, 3.63) is 40.3 Å². The number of hydrogen-bond acceptors (Lipinski definition) is 6. The van der Waals surface area contributed by atoms with E-state index in [0.29, 0.717) is 10.7 Å². The number of nitrogens with one attached hydrogen (secondary N) is 2. The van der Waals surface area contributed by atoms with E-state index in [-0.39, 0.29) is 29.1 Å². The van der Waals surface area contributed by atoms with E-state index in [1.165, 1.54) is 35.6 Å². The number of hydrogen-bond donors (Lipinski definition) is 3. The maximum atomic E-state index is 12.0. The van der Waals surface area contributed by atoms with Gasteiger partial charge >= 0.3 is 0 Å². The van der Waals surface area contributed by atoms with E-state index < -0.39 is 10.0 Å². The molecule has 0 fully saturated rings. The number of aromatic nitrogens is 1. The third-order valence-electron chi connectivity index (χ3n) is 2.77. The van der Waals surface area contributed by atoms with Crippen LogP contribution in [0.3, 0.4) is 0 Å². The first kappa shape index (κ1) is 17.5. The Balaban J connectivity index is 2.09. The van der Waals surface area contributed by atoms with Crippen molar-refractivity contribution in [2.45, 2.75) is 31.3 Å². The Morgan fingerprint density at radius 1 is 1.30 bits per heavy atom. The van der Waals surface area contributed by atoms with Gasteiger partial charge in [0.2, 0.25) is 10.0 Å². The van der Waals surface area contributed by atoms with E-state index in [4.69, 9.17) is 5.73 Å². The van der Waals surface area contributed by atoms with E-state index >= 15 is 0 Å². The molecule has 0 atom stereocenters. The zero-order valence-corrected chi connectivity index (χ0v) is 14.4. The molecule has 0 saturated heterocycles. The molecule has 1 aromatic carbocycles. The number of nitrogens with zero attached hydrogens (tertiary/aromatic N) is 1. The van der Waals surface area contributed by atoms with Crippen molar-refractivity contribution < 1.29 is 13.2 Å². The molecule has 1 amide bonds. The summed E-state index contributed by atoms with van der Waals surface area (Å²) < 4.78 is 26.5. The van der Waals surface area contributed by atoms with Gasteiger partial charge in [-0.3, -0.25) is 4.79 Å². The molecular weight excluding hydrogens is 336 g/mol. The molecule has 1 aromatic heterocycles. The van der Waals surface area contributed by atoms with Gasteiger partial charge in [-0.2, -0.15) is 0 Å². The summed E-state index contributed by atoms with van der Waals surface area (Å²) in [5, 5.41) is 4.97. The minimum absolute atomic E-state index is 0.142. The SMILES string of the molecule is CC(C)NS(=O)(=O)c1ccc(NC(=O)c2csc(CN)n2)cc1. The normalized spacial score (nSPS) is 11.7. The second-order valence-electron chi connectivity index (χ2n) is 5.09. The van der Waals surface area contributed by atoms with Gasteiger partial charge in [-0.25, -0.2) is 18.1 Å². The van der Waals surface area contributed by atoms with E-state index in [1.54, 1.807) is 19.2 Å². The first-order valence-electron chi connectivity index (χ1n) is 6.90. The lowest BCUT2D eigenvalue weighted by Gasteiger charge is -2.10. The van der Waals surface area contributed by atoms with Gasteiger partial charge in [0.15, 0.2) is 0 Å². The highest BCUT2D eigenvalue weighted by Gasteiger charge is 2.16. The topological polar surface area (TPSA) is 114 Å². The summed E-state index contributed by atoms with van der Waals surface area (Å²) >= 11 is 1.32. The Morgan fingerprint density at radius 3 is 2.48 bits per heavy atom. The molecule has 0 saturated carbocycles. The van der Waals surface area contributed by atoms with Crippen LogP contribution in [0.2, 0.25) is 0 Å². The smallest absolute Gasteiger partial charge is 0.275 e. The number of sulfonamides is 1. The maximum absolute atomic E-state index is 12.0. The number of benzene rings is 1. The second-order valence-corrected chi connectivity index (χ2v) is 7.74. The zero-order chi connectivity index (χ0) is 17.0. The lowest BCUT2D eigenvalue weighted by molar-refractivity contribution is 0.102. The molecule has 23 heavy (non-hydrogen) atoms. The molecule has 0 aliphatic rings. The fraction of sp³-hybridized carbons (Fsp3) is 0.286. The van der Waals surface area contributed by atoms with Crippen LogP contribution >= 0.6 is 11.3 Å². The molecule has 0 aliphatic carbocycles. The average molecular weight is 354 g/mol. The van der Waals surface area contributed by atoms with Crippen LogP contribution in [0.5, 0.6) is 0 Å². The Kier molecular flexibility index (Phi) is 5.47. The molecule has 0 spiro atoms. The number of carbonyl (C=O) groups excluding carboxylic acids is 1. The van der Waals surface area contributed by atoms with Gasteiger partial charge in [-0.1, -0.05) is 0 Å². The van der Waals surface area contributed by atoms with E-state index in [9.17, 15) is 13.2 Å². The summed E-state index contributed by atoms with van der Waals surface area (Å²) in [5.41, 5.74) is 6.23. The zero-order valence-electron chi connectivity index (χ0n) is 12.7. The van der Waals surface area contributed by atoms with Gasteiger partial charge in [0, 0.05) is 23.7 Å². The first-order valence-corrected chi connectivity index (χ1v) is 9.26. The number of carbonyl (C=O) groups is 1. The van der Waals surface area contributed by atoms with Crippen LogP contribution in [0.15, 0.2) is 34.5 Å². The third kappa shape index (κ3) is 4.58. The van der Waals surface area contributed by atoms with Crippen LogP contribution in [0.4, 0.5) is 5.69 Å². The predicted octanol–water partition coefficient (Wildman–Crippen LogP) is 1.54. The Hall–Kier alpha value is -1.81. The fourth-order valence-corrected chi connectivity index (χ4v) is 3.71. The molecule has 9 heteroatoms. The van der Waals surface area contributed by atoms with Crippen LogP contribution in [-0.2, 0) is 16.6 Å². The van der Waals surface area contributed by atoms with E-state index in [1.807, 2.05) is 0 Å². The number of rotatable bonds is 6. The molecule has 0 radical (unpaired) electrons. The van der Waals surface area contributed by atoms with Crippen LogP contribution in [0.1, 0.15) is 29.3 Å². The number of nitrogens with two attached hydrogens (primary N) is 1. The van der Waals surface area contributed by atoms with Crippen LogP contribution in [-0.4, -0.2) is 25.4 Å². The van der Waals surface area contributed by atoms with E-state index in [0.717, 1.165) is 0 Å². The molecule has 0 bridgehead atoms. The van der Waals surface area contributed by atoms with Gasteiger partial charge in [0.1, 0.15) is 10.7 Å². The standard InChI is InChI=1S/C14H18N4O3S2/c1-9(2)18-23(20,21)11-5-3-10(4-6-11)16-14(19)12-8-22-13(7-15)17-12/h3-6,8-9,18H,7,15H2,1-2H3,(H,16,19). The monoisotopic (exact) mass is 354 g/mol. The van der Waals surface area contributed by atoms with Crippen molar-refractivity contribution in [1.29, 1.82) is 0 Å². The van der Waals surface area contributed by atoms with Gasteiger partial charge < -0.3 is 11.1 Å². The van der Waals surface area contributed by atoms with E-state index in [2.05, 4.69) is 15.0 Å². The average Bonchev–Trinajstić information content (AvgIpc) is 2.95. The molecule has 0 aliphatic heterocycles. The molecule has 1 heterocycles. The molecule has 7 nitrogen and oxygen atoms in total. The fourth-order valence-electron chi connectivity index (χ4n) is 1.80. The summed E-state index contributed by atoms with van der Waals surface area (Å²) in [4.78, 5) is 16.3. The van der Waals surface area contributed by atoms with Crippen molar-refractivity contribution in [2.75, 3.05) is 5.32 Å². The van der Waals surface area contributed by atoms with Crippen molar-refractivity contribution in [2.24, 2.45) is 5.73 Å². The predicted molar refractivity (Wildman–Crippen MR) is 89.9 cm³/mol. The molecule has 2 aromatic rings. The highest BCUT2D eigenvalue weighted by molar-refractivity contribution is 7.89. The summed E-state index contributed by atoms with van der Waals surface area (Å²) in [6.45, 7) is 3.78. The van der Waals surface area contributed by atoms with Gasteiger partial charge in [0.05, 0.1) is 4.90 Å².